The maximum Gasteiger partial charge on any atom is 0.236 e. The van der Waals surface area contributed by atoms with Gasteiger partial charge in [0.25, 0.3) is 0 Å². The Labute approximate surface area is 198 Å². The van der Waals surface area contributed by atoms with E-state index in [1.807, 2.05) is 35.9 Å². The van der Waals surface area contributed by atoms with Gasteiger partial charge in [0.1, 0.15) is 11.6 Å². The third-order valence-corrected chi connectivity index (χ3v) is 7.46. The number of nitriles is 1. The maximum atomic E-state index is 9.44. The number of aromatic nitrogens is 4. The summed E-state index contributed by atoms with van der Waals surface area (Å²) in [7, 11) is 0. The van der Waals surface area contributed by atoms with Gasteiger partial charge in [0.05, 0.1) is 29.4 Å². The molecule has 0 aliphatic carbocycles. The second-order valence-corrected chi connectivity index (χ2v) is 9.58. The van der Waals surface area contributed by atoms with Crippen LogP contribution in [0.3, 0.4) is 0 Å². The molecule has 1 N–H and O–H groups in total. The Bertz CT molecular complexity index is 1420. The summed E-state index contributed by atoms with van der Waals surface area (Å²) in [6, 6.07) is 10.2. The van der Waals surface area contributed by atoms with Crippen molar-refractivity contribution in [3.8, 4) is 6.07 Å². The number of pyridine rings is 1. The summed E-state index contributed by atoms with van der Waals surface area (Å²) in [5, 5.41) is 14.0. The molecule has 0 radical (unpaired) electrons. The first kappa shape index (κ1) is 20.9. The van der Waals surface area contributed by atoms with Crippen LogP contribution in [0, 0.1) is 23.7 Å². The molecule has 6 rings (SSSR count). The fourth-order valence-corrected chi connectivity index (χ4v) is 5.40. The van der Waals surface area contributed by atoms with E-state index in [-0.39, 0.29) is 6.04 Å². The highest BCUT2D eigenvalue weighted by atomic mass is 16.5. The minimum atomic E-state index is -0.0347. The molecule has 2 saturated heterocycles. The lowest BCUT2D eigenvalue weighted by atomic mass is 9.73. The summed E-state index contributed by atoms with van der Waals surface area (Å²) >= 11 is 0. The molecule has 34 heavy (non-hydrogen) atoms. The second kappa shape index (κ2) is 7.96. The van der Waals surface area contributed by atoms with Crippen LogP contribution in [0.15, 0.2) is 42.9 Å². The third kappa shape index (κ3) is 3.35. The van der Waals surface area contributed by atoms with Crippen molar-refractivity contribution in [1.29, 1.82) is 5.26 Å². The largest absolute Gasteiger partial charge is 0.381 e. The number of anilines is 2. The lowest BCUT2D eigenvalue weighted by molar-refractivity contribution is -0.000443. The normalized spacial score (nSPS) is 18.1. The average molecular weight is 454 g/mol. The smallest absolute Gasteiger partial charge is 0.236 e. The summed E-state index contributed by atoms with van der Waals surface area (Å²) in [6.07, 6.45) is 7.85. The zero-order valence-electron chi connectivity index (χ0n) is 19.5. The van der Waals surface area contributed by atoms with Gasteiger partial charge in [0.2, 0.25) is 5.78 Å². The Balaban J connectivity index is 1.37. The molecule has 2 aliphatic rings. The van der Waals surface area contributed by atoms with Crippen LogP contribution in [0.2, 0.25) is 0 Å². The summed E-state index contributed by atoms with van der Waals surface area (Å²) in [5.74, 6) is 2.38. The Morgan fingerprint density at radius 3 is 2.82 bits per heavy atom. The van der Waals surface area contributed by atoms with E-state index in [1.54, 1.807) is 6.20 Å². The molecule has 1 spiro atoms. The first-order chi connectivity index (χ1) is 16.6. The topological polar surface area (TPSA) is 91.4 Å². The Morgan fingerprint density at radius 1 is 1.21 bits per heavy atom. The molecule has 0 saturated carbocycles. The first-order valence-electron chi connectivity index (χ1n) is 11.8. The molecule has 1 aromatic carbocycles. The monoisotopic (exact) mass is 453 g/mol. The molecule has 1 unspecified atom stereocenters. The molecule has 5 heterocycles. The van der Waals surface area contributed by atoms with E-state index in [0.29, 0.717) is 16.8 Å². The van der Waals surface area contributed by atoms with Crippen molar-refractivity contribution in [3.05, 3.63) is 59.5 Å². The van der Waals surface area contributed by atoms with Gasteiger partial charge in [-0.3, -0.25) is 4.40 Å². The number of benzene rings is 1. The van der Waals surface area contributed by atoms with E-state index in [4.69, 9.17) is 14.7 Å². The number of nitrogens with one attached hydrogen (secondary N) is 1. The Morgan fingerprint density at radius 2 is 2.03 bits per heavy atom. The van der Waals surface area contributed by atoms with Gasteiger partial charge < -0.3 is 15.0 Å². The van der Waals surface area contributed by atoms with Gasteiger partial charge in [0, 0.05) is 49.5 Å². The van der Waals surface area contributed by atoms with Crippen LogP contribution in [0.4, 0.5) is 11.6 Å². The first-order valence-corrected chi connectivity index (χ1v) is 11.8. The van der Waals surface area contributed by atoms with Crippen LogP contribution in [0.5, 0.6) is 0 Å². The molecule has 0 amide bonds. The highest BCUT2D eigenvalue weighted by Gasteiger charge is 2.44. The Hall–Kier alpha value is -3.70. The van der Waals surface area contributed by atoms with Gasteiger partial charge in [-0.1, -0.05) is 12.1 Å². The zero-order chi connectivity index (χ0) is 23.3. The molecule has 8 nitrogen and oxygen atoms in total. The van der Waals surface area contributed by atoms with Crippen molar-refractivity contribution in [3.63, 3.8) is 0 Å². The van der Waals surface area contributed by atoms with Gasteiger partial charge in [0.15, 0.2) is 0 Å². The summed E-state index contributed by atoms with van der Waals surface area (Å²) in [4.78, 5) is 16.4. The number of hydrogen-bond acceptors (Lipinski definition) is 7. The van der Waals surface area contributed by atoms with Crippen LogP contribution >= 0.6 is 0 Å². The highest BCUT2D eigenvalue weighted by molar-refractivity contribution is 5.92. The lowest BCUT2D eigenvalue weighted by Crippen LogP contribution is -2.58. The molecule has 172 valence electrons. The molecule has 8 heteroatoms. The number of fused-ring (bicyclic) bond motifs is 3. The number of ether oxygens (including phenoxy) is 1. The molecule has 3 aromatic heterocycles. The van der Waals surface area contributed by atoms with Crippen LogP contribution in [-0.4, -0.2) is 45.7 Å². The van der Waals surface area contributed by atoms with Crippen molar-refractivity contribution >= 4 is 28.3 Å². The standard InChI is InChI=1S/C26H27N7O/c1-17-19(13-27)4-3-5-20(17)18(2)30-24-21-12-23(32-15-26(16-32)6-10-34-11-7-26)29-14-22(21)33-9-8-28-25(33)31-24/h3-5,8-9,12,14,18H,6-7,10-11,15-16H2,1-2H3,(H,28,30,31). The van der Waals surface area contributed by atoms with Gasteiger partial charge >= 0.3 is 0 Å². The second-order valence-electron chi connectivity index (χ2n) is 9.58. The molecular formula is C26H27N7O. The van der Waals surface area contributed by atoms with E-state index in [0.717, 1.165) is 72.8 Å². The number of hydrogen-bond donors (Lipinski definition) is 1. The van der Waals surface area contributed by atoms with Crippen molar-refractivity contribution in [1.82, 2.24) is 19.4 Å². The lowest BCUT2D eigenvalue weighted by Gasteiger charge is -2.52. The zero-order valence-corrected chi connectivity index (χ0v) is 19.5. The van der Waals surface area contributed by atoms with Crippen LogP contribution < -0.4 is 10.2 Å². The van der Waals surface area contributed by atoms with Crippen LogP contribution in [0.25, 0.3) is 16.7 Å². The van der Waals surface area contributed by atoms with Crippen molar-refractivity contribution in [2.24, 2.45) is 5.41 Å². The van der Waals surface area contributed by atoms with Gasteiger partial charge in [-0.2, -0.15) is 10.2 Å². The van der Waals surface area contributed by atoms with Crippen LogP contribution in [0.1, 0.15) is 42.5 Å². The van der Waals surface area contributed by atoms with E-state index in [2.05, 4.69) is 40.3 Å². The average Bonchev–Trinajstić information content (AvgIpc) is 3.31. The third-order valence-electron chi connectivity index (χ3n) is 7.46. The summed E-state index contributed by atoms with van der Waals surface area (Å²) in [6.45, 7) is 7.86. The Kier molecular flexibility index (Phi) is 4.89. The molecule has 0 bridgehead atoms. The SMILES string of the molecule is Cc1c(C#N)cccc1C(C)Nc1nc2nccn2c2cnc(N3CC4(CCOCC4)C3)cc12. The van der Waals surface area contributed by atoms with Gasteiger partial charge in [-0.25, -0.2) is 9.97 Å². The fraction of sp³-hybridized carbons (Fsp3) is 0.385. The van der Waals surface area contributed by atoms with Crippen molar-refractivity contribution in [2.45, 2.75) is 32.7 Å². The minimum Gasteiger partial charge on any atom is -0.381 e. The van der Waals surface area contributed by atoms with E-state index < -0.39 is 0 Å². The molecule has 4 aromatic rings. The highest BCUT2D eigenvalue weighted by Crippen LogP contribution is 2.42. The number of imidazole rings is 1. The molecule has 2 aliphatic heterocycles. The van der Waals surface area contributed by atoms with Crippen molar-refractivity contribution < 1.29 is 4.74 Å². The molecular weight excluding hydrogens is 426 g/mol. The summed E-state index contributed by atoms with van der Waals surface area (Å²) in [5.41, 5.74) is 4.10. The van der Waals surface area contributed by atoms with E-state index >= 15 is 0 Å². The molecule has 1 atom stereocenters. The predicted octanol–water partition coefficient (Wildman–Crippen LogP) is 4.25. The predicted molar refractivity (Wildman–Crippen MR) is 131 cm³/mol. The quantitative estimate of drug-likeness (QED) is 0.494. The number of nitrogens with zero attached hydrogens (tertiary/aromatic N) is 6. The van der Waals surface area contributed by atoms with E-state index in [1.165, 1.54) is 0 Å². The minimum absolute atomic E-state index is 0.0347. The van der Waals surface area contributed by atoms with E-state index in [9.17, 15) is 5.26 Å². The summed E-state index contributed by atoms with van der Waals surface area (Å²) < 4.78 is 7.54. The van der Waals surface area contributed by atoms with Gasteiger partial charge in [-0.15, -0.1) is 0 Å². The fourth-order valence-electron chi connectivity index (χ4n) is 5.40. The van der Waals surface area contributed by atoms with Crippen molar-refractivity contribution in [2.75, 3.05) is 36.5 Å². The van der Waals surface area contributed by atoms with Gasteiger partial charge in [-0.05, 0) is 49.9 Å². The number of rotatable bonds is 4. The maximum absolute atomic E-state index is 9.44. The van der Waals surface area contributed by atoms with Crippen LogP contribution in [-0.2, 0) is 4.74 Å². The molecule has 2 fully saturated rings.